The maximum absolute atomic E-state index is 12.9. The van der Waals surface area contributed by atoms with Gasteiger partial charge in [0.15, 0.2) is 6.29 Å². The van der Waals surface area contributed by atoms with Gasteiger partial charge in [0, 0.05) is 12.8 Å². The van der Waals surface area contributed by atoms with Crippen LogP contribution in [-0.2, 0) is 17.6 Å². The maximum atomic E-state index is 12.9. The summed E-state index contributed by atoms with van der Waals surface area (Å²) in [6.45, 7) is 0. The summed E-state index contributed by atoms with van der Waals surface area (Å²) in [6.07, 6.45) is 2.58. The van der Waals surface area contributed by atoms with Gasteiger partial charge >= 0.3 is 0 Å². The summed E-state index contributed by atoms with van der Waals surface area (Å²) >= 11 is 0. The molecule has 2 heterocycles. The summed E-state index contributed by atoms with van der Waals surface area (Å²) < 4.78 is 18.8. The molecule has 6 nitrogen and oxygen atoms in total. The highest BCUT2D eigenvalue weighted by atomic mass is 19.1. The van der Waals surface area contributed by atoms with E-state index in [0.29, 0.717) is 34.6 Å². The molecule has 2 aromatic heterocycles. The number of carbonyl (C=O) groups is 2. The van der Waals surface area contributed by atoms with Gasteiger partial charge in [-0.15, -0.1) is 0 Å². The van der Waals surface area contributed by atoms with Crippen LogP contribution in [0.25, 0.3) is 11.0 Å². The lowest BCUT2D eigenvalue weighted by atomic mass is 10.0. The highest BCUT2D eigenvalue weighted by Gasteiger charge is 2.11. The second kappa shape index (κ2) is 8.02. The average molecular weight is 389 g/mol. The van der Waals surface area contributed by atoms with Crippen LogP contribution in [0, 0.1) is 5.82 Å². The van der Waals surface area contributed by atoms with Crippen LogP contribution in [0.2, 0.25) is 0 Å². The van der Waals surface area contributed by atoms with Crippen molar-refractivity contribution in [3.8, 4) is 11.6 Å². The highest BCUT2D eigenvalue weighted by molar-refractivity contribution is 5.88. The number of aldehydes is 1. The first-order valence-electron chi connectivity index (χ1n) is 8.92. The molecule has 0 amide bonds. The van der Waals surface area contributed by atoms with Crippen molar-refractivity contribution in [3.63, 3.8) is 0 Å². The lowest BCUT2D eigenvalue weighted by Gasteiger charge is -2.07. The molecule has 29 heavy (non-hydrogen) atoms. The van der Waals surface area contributed by atoms with Crippen molar-refractivity contribution in [2.45, 2.75) is 12.8 Å². The molecule has 4 rings (SSSR count). The number of Topliss-reactive ketones (excluding diaryl/α,β-unsaturated/α-hetero) is 1. The summed E-state index contributed by atoms with van der Waals surface area (Å²) in [7, 11) is 0. The number of nitrogens with one attached hydrogen (secondary N) is 1. The Kier molecular flexibility index (Phi) is 5.11. The Labute approximate surface area is 165 Å². The lowest BCUT2D eigenvalue weighted by molar-refractivity contribution is -0.117. The predicted molar refractivity (Wildman–Crippen MR) is 105 cm³/mol. The molecular weight excluding hydrogens is 373 g/mol. The summed E-state index contributed by atoms with van der Waals surface area (Å²) in [4.78, 5) is 34.2. The summed E-state index contributed by atoms with van der Waals surface area (Å²) in [6, 6.07) is 14.7. The third kappa shape index (κ3) is 4.35. The number of H-pyrrole nitrogens is 1. The number of ether oxygens (including phenoxy) is 1. The van der Waals surface area contributed by atoms with Crippen LogP contribution in [-0.4, -0.2) is 27.0 Å². The topological polar surface area (TPSA) is 84.9 Å². The SMILES string of the molecule is O=Cc1cc2c(Oc3ccc(CC(=O)Cc4ccc(F)cc4)cc3)ncnc2[nH]1. The molecule has 0 saturated carbocycles. The molecule has 144 valence electrons. The number of aromatic amines is 1. The molecule has 2 aromatic carbocycles. The van der Waals surface area contributed by atoms with E-state index in [0.717, 1.165) is 11.1 Å². The third-order valence-electron chi connectivity index (χ3n) is 4.39. The molecule has 0 saturated heterocycles. The standard InChI is InChI=1S/C22H16FN3O3/c23-16-5-1-14(2-6-16)9-18(28)10-15-3-7-19(8-4-15)29-22-20-11-17(12-27)26-21(20)24-13-25-22/h1-8,11-13H,9-10H2,(H,24,25,26). The number of rotatable bonds is 7. The Hall–Kier alpha value is -3.87. The molecule has 0 radical (unpaired) electrons. The van der Waals surface area contributed by atoms with Gasteiger partial charge in [-0.1, -0.05) is 24.3 Å². The second-order valence-corrected chi connectivity index (χ2v) is 6.55. The van der Waals surface area contributed by atoms with E-state index in [1.807, 2.05) is 12.1 Å². The number of ketones is 1. The molecule has 0 spiro atoms. The Morgan fingerprint density at radius 1 is 1.00 bits per heavy atom. The zero-order chi connectivity index (χ0) is 20.2. The number of hydrogen-bond donors (Lipinski definition) is 1. The number of carbonyl (C=O) groups excluding carboxylic acids is 2. The van der Waals surface area contributed by atoms with Gasteiger partial charge in [-0.25, -0.2) is 14.4 Å². The number of fused-ring (bicyclic) bond motifs is 1. The first kappa shape index (κ1) is 18.5. The van der Waals surface area contributed by atoms with Crippen LogP contribution < -0.4 is 4.74 Å². The van der Waals surface area contributed by atoms with Crippen LogP contribution in [0.3, 0.4) is 0 Å². The van der Waals surface area contributed by atoms with Crippen LogP contribution >= 0.6 is 0 Å². The van der Waals surface area contributed by atoms with Crippen molar-refractivity contribution >= 4 is 23.1 Å². The second-order valence-electron chi connectivity index (χ2n) is 6.55. The predicted octanol–water partition coefficient (Wildman–Crippen LogP) is 4.06. The fraction of sp³-hybridized carbons (Fsp3) is 0.0909. The first-order valence-corrected chi connectivity index (χ1v) is 8.92. The van der Waals surface area contributed by atoms with Crippen molar-refractivity contribution in [1.82, 2.24) is 15.0 Å². The zero-order valence-electron chi connectivity index (χ0n) is 15.3. The Morgan fingerprint density at radius 3 is 2.31 bits per heavy atom. The minimum atomic E-state index is -0.320. The first-order chi connectivity index (χ1) is 14.1. The molecule has 0 fully saturated rings. The largest absolute Gasteiger partial charge is 0.438 e. The van der Waals surface area contributed by atoms with Crippen LogP contribution in [0.5, 0.6) is 11.6 Å². The fourth-order valence-electron chi connectivity index (χ4n) is 2.99. The number of nitrogens with zero attached hydrogens (tertiary/aromatic N) is 2. The Bertz CT molecular complexity index is 1170. The van der Waals surface area contributed by atoms with Crippen LogP contribution in [0.15, 0.2) is 60.9 Å². The molecule has 0 atom stereocenters. The number of halogens is 1. The van der Waals surface area contributed by atoms with E-state index < -0.39 is 0 Å². The quantitative estimate of drug-likeness (QED) is 0.482. The van der Waals surface area contributed by atoms with Crippen LogP contribution in [0.1, 0.15) is 21.6 Å². The molecule has 0 bridgehead atoms. The molecule has 0 aliphatic rings. The molecule has 1 N–H and O–H groups in total. The molecule has 4 aromatic rings. The monoisotopic (exact) mass is 389 g/mol. The molecule has 0 aliphatic carbocycles. The summed E-state index contributed by atoms with van der Waals surface area (Å²) in [5.74, 6) is 0.601. The van der Waals surface area contributed by atoms with Crippen molar-refractivity contribution in [1.29, 1.82) is 0 Å². The smallest absolute Gasteiger partial charge is 0.231 e. The van der Waals surface area contributed by atoms with E-state index in [2.05, 4.69) is 15.0 Å². The number of hydrogen-bond acceptors (Lipinski definition) is 5. The molecule has 0 aliphatic heterocycles. The van der Waals surface area contributed by atoms with E-state index in [1.165, 1.54) is 18.5 Å². The molecule has 0 unspecified atom stereocenters. The highest BCUT2D eigenvalue weighted by Crippen LogP contribution is 2.27. The van der Waals surface area contributed by atoms with Gasteiger partial charge in [-0.2, -0.15) is 0 Å². The molecular formula is C22H16FN3O3. The fourth-order valence-corrected chi connectivity index (χ4v) is 2.99. The third-order valence-corrected chi connectivity index (χ3v) is 4.39. The van der Waals surface area contributed by atoms with E-state index in [4.69, 9.17) is 4.74 Å². The lowest BCUT2D eigenvalue weighted by Crippen LogP contribution is -2.06. The van der Waals surface area contributed by atoms with Gasteiger partial charge in [0.25, 0.3) is 0 Å². The minimum Gasteiger partial charge on any atom is -0.438 e. The summed E-state index contributed by atoms with van der Waals surface area (Å²) in [5, 5.41) is 0.605. The van der Waals surface area contributed by atoms with Gasteiger partial charge in [-0.05, 0) is 41.5 Å². The van der Waals surface area contributed by atoms with Gasteiger partial charge in [-0.3, -0.25) is 9.59 Å². The van der Waals surface area contributed by atoms with Crippen molar-refractivity contribution in [3.05, 3.63) is 83.6 Å². The van der Waals surface area contributed by atoms with Crippen molar-refractivity contribution < 1.29 is 18.7 Å². The zero-order valence-corrected chi connectivity index (χ0v) is 15.3. The Morgan fingerprint density at radius 2 is 1.66 bits per heavy atom. The maximum Gasteiger partial charge on any atom is 0.231 e. The van der Waals surface area contributed by atoms with E-state index in [1.54, 1.807) is 30.3 Å². The van der Waals surface area contributed by atoms with Gasteiger partial charge in [0.05, 0.1) is 11.1 Å². The normalized spacial score (nSPS) is 10.8. The van der Waals surface area contributed by atoms with Gasteiger partial charge in [0.1, 0.15) is 29.3 Å². The number of aromatic nitrogens is 3. The van der Waals surface area contributed by atoms with Crippen LogP contribution in [0.4, 0.5) is 4.39 Å². The molecule has 7 heteroatoms. The average Bonchev–Trinajstić information content (AvgIpc) is 3.16. The van der Waals surface area contributed by atoms with E-state index in [-0.39, 0.29) is 24.4 Å². The minimum absolute atomic E-state index is 0.0384. The van der Waals surface area contributed by atoms with E-state index in [9.17, 15) is 14.0 Å². The number of benzene rings is 2. The van der Waals surface area contributed by atoms with Crippen molar-refractivity contribution in [2.24, 2.45) is 0 Å². The van der Waals surface area contributed by atoms with Gasteiger partial charge < -0.3 is 9.72 Å². The van der Waals surface area contributed by atoms with E-state index >= 15 is 0 Å². The Balaban J connectivity index is 1.43. The van der Waals surface area contributed by atoms with Gasteiger partial charge in [0.2, 0.25) is 5.88 Å². The van der Waals surface area contributed by atoms with Crippen molar-refractivity contribution in [2.75, 3.05) is 0 Å². The summed E-state index contributed by atoms with van der Waals surface area (Å²) in [5.41, 5.74) is 2.54.